The lowest BCUT2D eigenvalue weighted by molar-refractivity contribution is -0.204. The van der Waals surface area contributed by atoms with Crippen LogP contribution >= 0.6 is 0 Å². The molecule has 0 atom stereocenters. The minimum absolute atomic E-state index is 0.0858. The molecule has 135 heavy (non-hydrogen) atoms. The molecular weight excluding hydrogens is 1640 g/mol. The van der Waals surface area contributed by atoms with Crippen molar-refractivity contribution in [2.24, 2.45) is 56.7 Å². The van der Waals surface area contributed by atoms with Gasteiger partial charge >= 0.3 is 6.18 Å². The summed E-state index contributed by atoms with van der Waals surface area (Å²) in [7, 11) is 0. The van der Waals surface area contributed by atoms with Crippen molar-refractivity contribution in [1.29, 1.82) is 0 Å². The van der Waals surface area contributed by atoms with Crippen molar-refractivity contribution < 1.29 is 13.2 Å². The van der Waals surface area contributed by atoms with E-state index >= 15 is 0 Å². The van der Waals surface area contributed by atoms with Crippen molar-refractivity contribution in [2.45, 2.75) is 493 Å². The second-order valence-electron chi connectivity index (χ2n) is 52.1. The van der Waals surface area contributed by atoms with E-state index in [0.717, 1.165) is 50.4 Å². The number of rotatable bonds is 7. The summed E-state index contributed by atoms with van der Waals surface area (Å²) in [5.74, 6) is 4.98. The minimum atomic E-state index is -4.06. The molecule has 0 unspecified atom stereocenters. The summed E-state index contributed by atoms with van der Waals surface area (Å²) in [5, 5.41) is 0. The van der Waals surface area contributed by atoms with Crippen LogP contribution in [-0.2, 0) is 37.9 Å². The van der Waals surface area contributed by atoms with Crippen LogP contribution in [0, 0.1) is 56.7 Å². The van der Waals surface area contributed by atoms with E-state index in [0.29, 0.717) is 33.0 Å². The van der Waals surface area contributed by atoms with Crippen molar-refractivity contribution in [3.63, 3.8) is 0 Å². The molecule has 3 aliphatic carbocycles. The third-order valence-corrected chi connectivity index (χ3v) is 23.9. The molecule has 0 saturated heterocycles. The molecule has 3 heteroatoms. The lowest BCUT2D eigenvalue weighted by Crippen LogP contribution is -2.28. The van der Waals surface area contributed by atoms with Gasteiger partial charge in [0.25, 0.3) is 0 Å². The van der Waals surface area contributed by atoms with Crippen LogP contribution in [0.15, 0.2) is 218 Å². The zero-order chi connectivity index (χ0) is 106. The lowest BCUT2D eigenvalue weighted by atomic mass is 9.78. The fourth-order valence-electron chi connectivity index (χ4n) is 12.7. The van der Waals surface area contributed by atoms with Crippen LogP contribution in [0.3, 0.4) is 0 Å². The van der Waals surface area contributed by atoms with Crippen molar-refractivity contribution in [3.05, 3.63) is 274 Å². The molecular formula is C132H223F3. The Labute approximate surface area is 842 Å². The van der Waals surface area contributed by atoms with Gasteiger partial charge in [0.2, 0.25) is 0 Å². The monoisotopic (exact) mass is 1870 g/mol. The van der Waals surface area contributed by atoms with E-state index < -0.39 is 11.6 Å². The van der Waals surface area contributed by atoms with Gasteiger partial charge in [-0.2, -0.15) is 13.2 Å². The Hall–Kier alpha value is -6.45. The quantitative estimate of drug-likeness (QED) is 0.149. The first-order valence-electron chi connectivity index (χ1n) is 53.0. The largest absolute Gasteiger partial charge is 0.393 e. The van der Waals surface area contributed by atoms with Crippen molar-refractivity contribution in [1.82, 2.24) is 0 Å². The zero-order valence-electron chi connectivity index (χ0n) is 98.8. The number of benzene rings is 8. The second kappa shape index (κ2) is 66.3. The van der Waals surface area contributed by atoms with Gasteiger partial charge in [-0.1, -0.05) is 636 Å². The first-order chi connectivity index (χ1) is 61.3. The molecule has 0 nitrogen and oxygen atoms in total. The van der Waals surface area contributed by atoms with Gasteiger partial charge in [0.15, 0.2) is 0 Å². The summed E-state index contributed by atoms with van der Waals surface area (Å²) in [6.45, 7) is 111. The van der Waals surface area contributed by atoms with Gasteiger partial charge in [0.1, 0.15) is 0 Å². The predicted octanol–water partition coefficient (Wildman–Crippen LogP) is 44.9. The number of fused-ring (bicyclic) bond motifs is 3. The fourth-order valence-corrected chi connectivity index (χ4v) is 12.7. The molecule has 0 heterocycles. The lowest BCUT2D eigenvalue weighted by Gasteiger charge is -2.28. The summed E-state index contributed by atoms with van der Waals surface area (Å²) in [5.41, 5.74) is 19.3. The van der Waals surface area contributed by atoms with Crippen molar-refractivity contribution in [3.8, 4) is 11.1 Å². The molecule has 772 valence electrons. The molecule has 0 aliphatic heterocycles. The fraction of sp³-hybridized carbons (Fsp3) is 0.636. The van der Waals surface area contributed by atoms with E-state index in [-0.39, 0.29) is 32.5 Å². The normalized spacial score (nSPS) is 13.9. The molecule has 0 N–H and O–H groups in total. The van der Waals surface area contributed by atoms with Gasteiger partial charge in [0, 0.05) is 10.8 Å². The van der Waals surface area contributed by atoms with Gasteiger partial charge in [-0.05, 0) is 177 Å². The summed E-state index contributed by atoms with van der Waals surface area (Å²) in [4.78, 5) is 0. The number of hydrogen-bond donors (Lipinski definition) is 0. The number of hydrogen-bond acceptors (Lipinski definition) is 0. The Balaban J connectivity index is -0.000000453. The van der Waals surface area contributed by atoms with Crippen molar-refractivity contribution >= 4 is 0 Å². The Morgan fingerprint density at radius 2 is 0.519 bits per heavy atom. The summed E-state index contributed by atoms with van der Waals surface area (Å²) in [6, 6.07) is 77.7. The van der Waals surface area contributed by atoms with Crippen LogP contribution in [0.4, 0.5) is 13.2 Å². The number of alkyl halides is 3. The van der Waals surface area contributed by atoms with Gasteiger partial charge < -0.3 is 0 Å². The van der Waals surface area contributed by atoms with Gasteiger partial charge in [-0.25, -0.2) is 0 Å². The van der Waals surface area contributed by atoms with Gasteiger partial charge in [-0.3, -0.25) is 0 Å². The van der Waals surface area contributed by atoms with E-state index in [2.05, 4.69) is 545 Å². The van der Waals surface area contributed by atoms with Crippen LogP contribution in [0.2, 0.25) is 0 Å². The highest BCUT2D eigenvalue weighted by molar-refractivity contribution is 5.80. The Kier molecular flexibility index (Phi) is 67.3. The standard InChI is InChI=1S/C15H14.C15H16.2C14H22.C10H14.C9H12.C8H16.C7H14.3C6H14.C5H9F3.2C5H12.C4H10.C3H8/c1-15(2)13-9-5-3-7-11(13)12-8-4-6-10-14(12)15;1-15(2,13-9-5-3-6-10-13)14-11-7-4-8-12-14;1-13(2,3)11-7-9-12(10-8-11)14(4,5)6;1-13(2,3)11-8-7-9-12(10-11)14(4,5)6;1-10(2,3)9-7-5-4-6-8-9;1-8(2)9-6-4-3-5-7-9;1-8(2)6-4-3-5-7-8;1-7(2)5-3-4-6-7;1-5-6(2,3)4;1-5(2)6(3)4;1-4-5-6(2)3;1-4(2,3)5(6,7)8;1-5(2,3)4;1-4-5(2)3;1-4(2)3;1-3-2/h3-10H,1-2H3;3-12H,1-2H3;2*7-10H,1-6H3;4-8H,1-3H3;3-8H,1-2H3;3-7H2,1-2H3;3-6H2,1-2H3;5H2,1-4H3;5-6H,1-4H3;6H,4-5H2,1-3H3;1-3H3;1-4H3;5H,4H2,1-3H3;4H,1-3H3;3H2,1-2H3. The third kappa shape index (κ3) is 69.9. The van der Waals surface area contributed by atoms with E-state index in [4.69, 9.17) is 0 Å². The second-order valence-corrected chi connectivity index (χ2v) is 52.1. The molecule has 0 radical (unpaired) electrons. The van der Waals surface area contributed by atoms with Crippen LogP contribution in [0.5, 0.6) is 0 Å². The maximum atomic E-state index is 11.6. The minimum Gasteiger partial charge on any atom is -0.171 e. The molecule has 8 aromatic rings. The predicted molar refractivity (Wildman–Crippen MR) is 613 cm³/mol. The highest BCUT2D eigenvalue weighted by atomic mass is 19.4. The Bertz CT molecular complexity index is 3910. The Morgan fingerprint density at radius 1 is 0.296 bits per heavy atom. The smallest absolute Gasteiger partial charge is 0.171 e. The molecule has 0 aromatic heterocycles. The topological polar surface area (TPSA) is 0 Å². The van der Waals surface area contributed by atoms with E-state index in [9.17, 15) is 13.2 Å². The summed E-state index contributed by atoms with van der Waals surface area (Å²) >= 11 is 0. The third-order valence-electron chi connectivity index (χ3n) is 23.9. The Morgan fingerprint density at radius 3 is 0.689 bits per heavy atom. The van der Waals surface area contributed by atoms with E-state index in [1.165, 1.54) is 157 Å². The molecule has 3 aliphatic rings. The van der Waals surface area contributed by atoms with Crippen LogP contribution in [0.25, 0.3) is 11.1 Å². The average molecular weight is 1870 g/mol. The summed E-state index contributed by atoms with van der Waals surface area (Å²) < 4.78 is 34.7. The number of halogens is 3. The molecule has 0 spiro atoms. The zero-order valence-corrected chi connectivity index (χ0v) is 98.8. The maximum Gasteiger partial charge on any atom is 0.393 e. The first-order valence-corrected chi connectivity index (χ1v) is 53.0. The first kappa shape index (κ1) is 137. The molecule has 8 aromatic carbocycles. The van der Waals surface area contributed by atoms with Crippen molar-refractivity contribution in [2.75, 3.05) is 0 Å². The molecule has 11 rings (SSSR count). The highest BCUT2D eigenvalue weighted by Crippen LogP contribution is 2.48. The summed E-state index contributed by atoms with van der Waals surface area (Å²) in [6.07, 6.45) is 15.6. The van der Waals surface area contributed by atoms with Crippen LogP contribution < -0.4 is 0 Å². The average Bonchev–Trinajstić information content (AvgIpc) is 1.59. The maximum absolute atomic E-state index is 11.6. The molecule has 2 saturated carbocycles. The SMILES string of the molecule is CC(C)(C)C.CC(C)(C)C(F)(F)F.CC(C)(C)c1ccc(C(C)(C)C)cc1.CC(C)(C)c1cccc(C(C)(C)C)c1.CC(C)(C)c1ccccc1.CC(C)(c1ccccc1)c1ccccc1.CC(C)C.CC(C)C(C)C.CC(C)c1ccccc1.CC1(C)CCCC1.CC1(C)CCCCC1.CC1(C)c2ccccc2-c2ccccc21.CCC.CCC(C)(C)C.CCC(C)C.CCCC(C)C. The van der Waals surface area contributed by atoms with Crippen LogP contribution in [0.1, 0.15) is 505 Å². The molecule has 0 amide bonds. The molecule has 0 bridgehead atoms. The van der Waals surface area contributed by atoms with E-state index in [1.54, 1.807) is 0 Å². The highest BCUT2D eigenvalue weighted by Gasteiger charge is 2.43. The van der Waals surface area contributed by atoms with Gasteiger partial charge in [-0.15, -0.1) is 0 Å². The van der Waals surface area contributed by atoms with Crippen LogP contribution in [-0.4, -0.2) is 6.18 Å². The van der Waals surface area contributed by atoms with E-state index in [1.807, 2.05) is 6.07 Å². The van der Waals surface area contributed by atoms with Gasteiger partial charge in [0.05, 0.1) is 5.41 Å². The molecule has 2 fully saturated rings.